The lowest BCUT2D eigenvalue weighted by Crippen LogP contribution is -2.42. The van der Waals surface area contributed by atoms with Gasteiger partial charge < -0.3 is 5.32 Å². The van der Waals surface area contributed by atoms with Crippen LogP contribution in [0, 0.1) is 6.92 Å². The van der Waals surface area contributed by atoms with Crippen molar-refractivity contribution in [1.29, 1.82) is 0 Å². The molecule has 3 amide bonds. The number of aryl methyl sites for hydroxylation is 1. The van der Waals surface area contributed by atoms with E-state index in [1.54, 1.807) is 0 Å². The topological polar surface area (TPSA) is 61.4 Å². The average Bonchev–Trinajstić information content (AvgIpc) is 2.31. The number of urea groups is 1. The van der Waals surface area contributed by atoms with Crippen LogP contribution in [0.3, 0.4) is 0 Å². The predicted molar refractivity (Wildman–Crippen MR) is 70.1 cm³/mol. The Bertz CT molecular complexity index is 415. The van der Waals surface area contributed by atoms with E-state index in [0.717, 1.165) is 5.56 Å². The fourth-order valence-electron chi connectivity index (χ4n) is 1.53. The van der Waals surface area contributed by atoms with Crippen molar-refractivity contribution >= 4 is 11.9 Å². The van der Waals surface area contributed by atoms with Crippen LogP contribution >= 0.6 is 0 Å². The van der Waals surface area contributed by atoms with E-state index in [2.05, 4.69) is 10.6 Å². The van der Waals surface area contributed by atoms with E-state index in [-0.39, 0.29) is 12.5 Å². The minimum atomic E-state index is -0.483. The standard InChI is InChI=1S/C13H19N3O2/c1-10-4-6-11(7-5-10)8-16(3)9-12(17)15-13(18)14-2/h4-7H,8-9H2,1-3H3,(H2,14,15,17,18). The maximum Gasteiger partial charge on any atom is 0.321 e. The summed E-state index contributed by atoms with van der Waals surface area (Å²) in [6.45, 7) is 2.88. The summed E-state index contributed by atoms with van der Waals surface area (Å²) in [5.74, 6) is -0.316. The van der Waals surface area contributed by atoms with Crippen molar-refractivity contribution in [2.45, 2.75) is 13.5 Å². The van der Waals surface area contributed by atoms with Crippen molar-refractivity contribution in [3.63, 3.8) is 0 Å². The number of rotatable bonds is 4. The minimum Gasteiger partial charge on any atom is -0.341 e. The highest BCUT2D eigenvalue weighted by Gasteiger charge is 2.09. The van der Waals surface area contributed by atoms with Crippen LogP contribution in [0.4, 0.5) is 4.79 Å². The average molecular weight is 249 g/mol. The molecule has 1 aromatic carbocycles. The number of imide groups is 1. The van der Waals surface area contributed by atoms with Gasteiger partial charge in [0.05, 0.1) is 6.54 Å². The number of carbonyl (C=O) groups excluding carboxylic acids is 2. The summed E-state index contributed by atoms with van der Waals surface area (Å²) >= 11 is 0. The van der Waals surface area contributed by atoms with Crippen molar-refractivity contribution in [1.82, 2.24) is 15.5 Å². The molecule has 1 aromatic rings. The number of nitrogens with zero attached hydrogens (tertiary/aromatic N) is 1. The molecule has 1 rings (SSSR count). The van der Waals surface area contributed by atoms with Crippen molar-refractivity contribution < 1.29 is 9.59 Å². The third kappa shape index (κ3) is 4.97. The zero-order valence-electron chi connectivity index (χ0n) is 11.0. The molecule has 5 nitrogen and oxygen atoms in total. The Morgan fingerprint density at radius 3 is 2.39 bits per heavy atom. The molecule has 0 fully saturated rings. The Hall–Kier alpha value is -1.88. The molecular formula is C13H19N3O2. The molecule has 18 heavy (non-hydrogen) atoms. The molecule has 0 atom stereocenters. The molecule has 0 saturated heterocycles. The summed E-state index contributed by atoms with van der Waals surface area (Å²) in [7, 11) is 3.31. The molecule has 0 radical (unpaired) electrons. The first-order valence-corrected chi connectivity index (χ1v) is 5.77. The first-order chi connectivity index (χ1) is 8.51. The van der Waals surface area contributed by atoms with Gasteiger partial charge in [0.25, 0.3) is 0 Å². The Balaban J connectivity index is 2.41. The van der Waals surface area contributed by atoms with Gasteiger partial charge in [-0.25, -0.2) is 4.79 Å². The summed E-state index contributed by atoms with van der Waals surface area (Å²) in [6.07, 6.45) is 0. The quantitative estimate of drug-likeness (QED) is 0.833. The van der Waals surface area contributed by atoms with Gasteiger partial charge in [-0.2, -0.15) is 0 Å². The number of nitrogens with one attached hydrogen (secondary N) is 2. The molecule has 0 aliphatic heterocycles. The summed E-state index contributed by atoms with van der Waals surface area (Å²) in [5, 5.41) is 4.56. The molecule has 2 N–H and O–H groups in total. The third-order valence-corrected chi connectivity index (χ3v) is 2.47. The molecule has 0 aromatic heterocycles. The summed E-state index contributed by atoms with van der Waals surface area (Å²) in [5.41, 5.74) is 2.34. The minimum absolute atomic E-state index is 0.182. The summed E-state index contributed by atoms with van der Waals surface area (Å²) < 4.78 is 0. The zero-order chi connectivity index (χ0) is 13.5. The molecule has 5 heteroatoms. The lowest BCUT2D eigenvalue weighted by molar-refractivity contribution is -0.120. The van der Waals surface area contributed by atoms with Crippen LogP contribution in [-0.4, -0.2) is 37.5 Å². The third-order valence-electron chi connectivity index (χ3n) is 2.47. The van der Waals surface area contributed by atoms with Crippen LogP contribution in [0.2, 0.25) is 0 Å². The van der Waals surface area contributed by atoms with Crippen LogP contribution < -0.4 is 10.6 Å². The van der Waals surface area contributed by atoms with Crippen molar-refractivity contribution in [3.05, 3.63) is 35.4 Å². The first-order valence-electron chi connectivity index (χ1n) is 5.77. The monoisotopic (exact) mass is 249 g/mol. The van der Waals surface area contributed by atoms with Gasteiger partial charge in [-0.1, -0.05) is 29.8 Å². The molecular weight excluding hydrogens is 230 g/mol. The van der Waals surface area contributed by atoms with Crippen LogP contribution in [0.5, 0.6) is 0 Å². The van der Waals surface area contributed by atoms with Crippen molar-refractivity contribution in [2.24, 2.45) is 0 Å². The van der Waals surface area contributed by atoms with E-state index in [0.29, 0.717) is 6.54 Å². The Kier molecular flexibility index (Phi) is 5.32. The van der Waals surface area contributed by atoms with Gasteiger partial charge >= 0.3 is 6.03 Å². The number of hydrogen-bond donors (Lipinski definition) is 2. The molecule has 0 spiro atoms. The van der Waals surface area contributed by atoms with Crippen molar-refractivity contribution in [2.75, 3.05) is 20.6 Å². The van der Waals surface area contributed by atoms with Gasteiger partial charge in [-0.3, -0.25) is 15.0 Å². The first kappa shape index (κ1) is 14.2. The maximum absolute atomic E-state index is 11.5. The second kappa shape index (κ2) is 6.76. The van der Waals surface area contributed by atoms with Gasteiger partial charge in [0.15, 0.2) is 0 Å². The van der Waals surface area contributed by atoms with Gasteiger partial charge in [0.1, 0.15) is 0 Å². The van der Waals surface area contributed by atoms with Crippen LogP contribution in [0.1, 0.15) is 11.1 Å². The molecule has 0 aliphatic rings. The van der Waals surface area contributed by atoms with Gasteiger partial charge in [-0.05, 0) is 19.5 Å². The van der Waals surface area contributed by atoms with E-state index in [1.807, 2.05) is 43.1 Å². The summed E-state index contributed by atoms with van der Waals surface area (Å²) in [4.78, 5) is 24.2. The SMILES string of the molecule is CNC(=O)NC(=O)CN(C)Cc1ccc(C)cc1. The molecule has 98 valence electrons. The van der Waals surface area contributed by atoms with Gasteiger partial charge in [0, 0.05) is 13.6 Å². The zero-order valence-corrected chi connectivity index (χ0v) is 11.0. The smallest absolute Gasteiger partial charge is 0.321 e. The fourth-order valence-corrected chi connectivity index (χ4v) is 1.53. The molecule has 0 heterocycles. The normalized spacial score (nSPS) is 10.2. The number of benzene rings is 1. The number of amides is 3. The Morgan fingerprint density at radius 1 is 1.22 bits per heavy atom. The highest BCUT2D eigenvalue weighted by molar-refractivity contribution is 5.95. The second-order valence-electron chi connectivity index (χ2n) is 4.29. The van der Waals surface area contributed by atoms with E-state index >= 15 is 0 Å². The van der Waals surface area contributed by atoms with Crippen molar-refractivity contribution in [3.8, 4) is 0 Å². The second-order valence-corrected chi connectivity index (χ2v) is 4.29. The number of likely N-dealkylation sites (N-methyl/N-ethyl adjacent to an activating group) is 1. The van der Waals surface area contributed by atoms with E-state index in [1.165, 1.54) is 12.6 Å². The van der Waals surface area contributed by atoms with Crippen LogP contribution in [0.25, 0.3) is 0 Å². The van der Waals surface area contributed by atoms with Crippen LogP contribution in [0.15, 0.2) is 24.3 Å². The Morgan fingerprint density at radius 2 is 1.83 bits per heavy atom. The lowest BCUT2D eigenvalue weighted by atomic mass is 10.1. The number of hydrogen-bond acceptors (Lipinski definition) is 3. The predicted octanol–water partition coefficient (Wildman–Crippen LogP) is 0.882. The summed E-state index contributed by atoms with van der Waals surface area (Å²) in [6, 6.07) is 7.65. The molecule has 0 aliphatic carbocycles. The van der Waals surface area contributed by atoms with Gasteiger partial charge in [-0.15, -0.1) is 0 Å². The highest BCUT2D eigenvalue weighted by Crippen LogP contribution is 2.05. The highest BCUT2D eigenvalue weighted by atomic mass is 16.2. The van der Waals surface area contributed by atoms with Gasteiger partial charge in [0.2, 0.25) is 5.91 Å². The van der Waals surface area contributed by atoms with E-state index in [4.69, 9.17) is 0 Å². The van der Waals surface area contributed by atoms with Crippen LogP contribution in [-0.2, 0) is 11.3 Å². The molecule has 0 unspecified atom stereocenters. The largest absolute Gasteiger partial charge is 0.341 e. The molecule has 0 bridgehead atoms. The molecule has 0 saturated carbocycles. The van der Waals surface area contributed by atoms with E-state index < -0.39 is 6.03 Å². The lowest BCUT2D eigenvalue weighted by Gasteiger charge is -2.16. The Labute approximate surface area is 107 Å². The maximum atomic E-state index is 11.5. The fraction of sp³-hybridized carbons (Fsp3) is 0.385. The number of carbonyl (C=O) groups is 2. The van der Waals surface area contributed by atoms with E-state index in [9.17, 15) is 9.59 Å².